The van der Waals surface area contributed by atoms with Crippen molar-refractivity contribution in [3.63, 3.8) is 0 Å². The Morgan fingerprint density at radius 2 is 2.15 bits per heavy atom. The van der Waals surface area contributed by atoms with E-state index >= 15 is 0 Å². The number of nitrogens with one attached hydrogen (secondary N) is 1. The van der Waals surface area contributed by atoms with Crippen molar-refractivity contribution in [3.8, 4) is 5.75 Å². The first-order chi connectivity index (χ1) is 9.59. The maximum absolute atomic E-state index is 11.4. The van der Waals surface area contributed by atoms with E-state index in [1.165, 1.54) is 5.56 Å². The van der Waals surface area contributed by atoms with Crippen molar-refractivity contribution in [2.45, 2.75) is 50.7 Å². The van der Waals surface area contributed by atoms with E-state index in [1.807, 2.05) is 12.1 Å². The summed E-state index contributed by atoms with van der Waals surface area (Å²) in [6.07, 6.45) is 4.06. The van der Waals surface area contributed by atoms with Gasteiger partial charge in [0.25, 0.3) is 0 Å². The van der Waals surface area contributed by atoms with Gasteiger partial charge in [0.15, 0.2) is 0 Å². The number of benzene rings is 1. The number of carboxylic acids is 1. The van der Waals surface area contributed by atoms with E-state index in [1.54, 1.807) is 7.05 Å². The normalized spacial score (nSPS) is 25.6. The van der Waals surface area contributed by atoms with Crippen LogP contribution in [0, 0.1) is 0 Å². The Morgan fingerprint density at radius 1 is 1.45 bits per heavy atom. The third kappa shape index (κ3) is 3.12. The summed E-state index contributed by atoms with van der Waals surface area (Å²) in [4.78, 5) is 11.4. The molecular weight excluding hydrogens is 254 g/mol. The van der Waals surface area contributed by atoms with Gasteiger partial charge >= 0.3 is 5.97 Å². The number of hydrogen-bond donors (Lipinski definition) is 2. The molecule has 2 rings (SSSR count). The van der Waals surface area contributed by atoms with Crippen molar-refractivity contribution in [3.05, 3.63) is 29.8 Å². The third-order valence-corrected chi connectivity index (χ3v) is 4.12. The highest BCUT2D eigenvalue weighted by molar-refractivity contribution is 5.79. The largest absolute Gasteiger partial charge is 0.490 e. The first-order valence-corrected chi connectivity index (χ1v) is 7.27. The highest BCUT2D eigenvalue weighted by Gasteiger charge is 2.45. The van der Waals surface area contributed by atoms with Crippen molar-refractivity contribution in [1.29, 1.82) is 0 Å². The monoisotopic (exact) mass is 277 g/mol. The zero-order valence-corrected chi connectivity index (χ0v) is 12.2. The van der Waals surface area contributed by atoms with E-state index < -0.39 is 11.5 Å². The fourth-order valence-electron chi connectivity index (χ4n) is 2.84. The van der Waals surface area contributed by atoms with Crippen LogP contribution < -0.4 is 10.1 Å². The Balaban J connectivity index is 1.96. The molecule has 0 aliphatic heterocycles. The smallest absolute Gasteiger partial charge is 0.324 e. The van der Waals surface area contributed by atoms with Crippen LogP contribution in [0.15, 0.2) is 24.3 Å². The molecule has 4 nitrogen and oxygen atoms in total. The van der Waals surface area contributed by atoms with Crippen molar-refractivity contribution in [2.24, 2.45) is 0 Å². The Bertz CT molecular complexity index is 457. The predicted molar refractivity (Wildman–Crippen MR) is 78.1 cm³/mol. The van der Waals surface area contributed by atoms with Gasteiger partial charge < -0.3 is 15.2 Å². The average molecular weight is 277 g/mol. The van der Waals surface area contributed by atoms with Crippen LogP contribution in [0.4, 0.5) is 0 Å². The Labute approximate surface area is 120 Å². The fraction of sp³-hybridized carbons (Fsp3) is 0.562. The van der Waals surface area contributed by atoms with Crippen molar-refractivity contribution >= 4 is 5.97 Å². The molecule has 2 unspecified atom stereocenters. The summed E-state index contributed by atoms with van der Waals surface area (Å²) in [6.45, 7) is 2.16. The molecule has 1 aromatic rings. The van der Waals surface area contributed by atoms with Gasteiger partial charge in [-0.3, -0.25) is 4.79 Å². The fourth-order valence-corrected chi connectivity index (χ4v) is 2.84. The minimum atomic E-state index is -0.827. The Morgan fingerprint density at radius 3 is 2.65 bits per heavy atom. The molecule has 2 atom stereocenters. The first kappa shape index (κ1) is 14.9. The zero-order valence-electron chi connectivity index (χ0n) is 12.2. The second-order valence-corrected chi connectivity index (χ2v) is 5.51. The molecule has 0 aromatic heterocycles. The molecule has 0 radical (unpaired) electrons. The van der Waals surface area contributed by atoms with E-state index in [9.17, 15) is 9.90 Å². The van der Waals surface area contributed by atoms with Gasteiger partial charge in [0, 0.05) is 6.42 Å². The number of ether oxygens (including phenoxy) is 1. The van der Waals surface area contributed by atoms with Crippen molar-refractivity contribution in [1.82, 2.24) is 5.32 Å². The molecule has 0 spiro atoms. The summed E-state index contributed by atoms with van der Waals surface area (Å²) in [6, 6.07) is 8.11. The standard InChI is InChI=1S/C16H23NO3/c1-3-4-12-5-7-13(8-6-12)20-14-9-10-16(11-14,17-2)15(18)19/h5-8,14,17H,3-4,9-11H2,1-2H3,(H,18,19). The van der Waals surface area contributed by atoms with Crippen LogP contribution in [0.5, 0.6) is 5.75 Å². The molecular formula is C16H23NO3. The summed E-state index contributed by atoms with van der Waals surface area (Å²) in [5.41, 5.74) is 0.480. The minimum Gasteiger partial charge on any atom is -0.490 e. The maximum atomic E-state index is 11.4. The Kier molecular flexibility index (Phi) is 4.65. The maximum Gasteiger partial charge on any atom is 0.324 e. The molecule has 1 aliphatic carbocycles. The molecule has 4 heteroatoms. The van der Waals surface area contributed by atoms with Crippen molar-refractivity contribution in [2.75, 3.05) is 7.05 Å². The zero-order chi connectivity index (χ0) is 14.6. The van der Waals surface area contributed by atoms with E-state index in [2.05, 4.69) is 24.4 Å². The summed E-state index contributed by atoms with van der Waals surface area (Å²) >= 11 is 0. The lowest BCUT2D eigenvalue weighted by atomic mass is 9.98. The quantitative estimate of drug-likeness (QED) is 0.839. The van der Waals surface area contributed by atoms with E-state index in [-0.39, 0.29) is 6.10 Å². The number of carbonyl (C=O) groups is 1. The summed E-state index contributed by atoms with van der Waals surface area (Å²) < 4.78 is 5.91. The van der Waals surface area contributed by atoms with Crippen LogP contribution in [0.3, 0.4) is 0 Å². The predicted octanol–water partition coefficient (Wildman–Crippen LogP) is 2.61. The molecule has 20 heavy (non-hydrogen) atoms. The van der Waals surface area contributed by atoms with Crippen LogP contribution >= 0.6 is 0 Å². The van der Waals surface area contributed by atoms with Gasteiger partial charge in [-0.05, 0) is 44.0 Å². The molecule has 1 fully saturated rings. The van der Waals surface area contributed by atoms with Gasteiger partial charge in [-0.15, -0.1) is 0 Å². The molecule has 0 amide bonds. The lowest BCUT2D eigenvalue weighted by Gasteiger charge is -2.23. The second kappa shape index (κ2) is 6.27. The lowest BCUT2D eigenvalue weighted by Crippen LogP contribution is -2.48. The number of rotatable bonds is 6. The lowest BCUT2D eigenvalue weighted by molar-refractivity contribution is -0.144. The van der Waals surface area contributed by atoms with E-state index in [4.69, 9.17) is 4.74 Å². The first-order valence-electron chi connectivity index (χ1n) is 7.27. The third-order valence-electron chi connectivity index (χ3n) is 4.12. The van der Waals surface area contributed by atoms with E-state index in [0.29, 0.717) is 12.8 Å². The van der Waals surface area contributed by atoms with E-state index in [0.717, 1.165) is 25.0 Å². The second-order valence-electron chi connectivity index (χ2n) is 5.51. The molecule has 0 bridgehead atoms. The van der Waals surface area contributed by atoms with Gasteiger partial charge in [-0.2, -0.15) is 0 Å². The average Bonchev–Trinajstić information content (AvgIpc) is 2.86. The summed E-state index contributed by atoms with van der Waals surface area (Å²) in [5.74, 6) is 0.0385. The SMILES string of the molecule is CCCc1ccc(OC2CCC(NC)(C(=O)O)C2)cc1. The molecule has 2 N–H and O–H groups in total. The van der Waals surface area contributed by atoms with Crippen LogP contribution in [0.2, 0.25) is 0 Å². The van der Waals surface area contributed by atoms with Crippen LogP contribution in [-0.4, -0.2) is 29.8 Å². The van der Waals surface area contributed by atoms with Crippen LogP contribution in [0.25, 0.3) is 0 Å². The molecule has 1 aliphatic rings. The van der Waals surface area contributed by atoms with Crippen molar-refractivity contribution < 1.29 is 14.6 Å². The van der Waals surface area contributed by atoms with Gasteiger partial charge in [-0.25, -0.2) is 0 Å². The molecule has 0 saturated heterocycles. The summed E-state index contributed by atoms with van der Waals surface area (Å²) in [5, 5.41) is 12.3. The number of aryl methyl sites for hydroxylation is 1. The molecule has 110 valence electrons. The van der Waals surface area contributed by atoms with Gasteiger partial charge in [-0.1, -0.05) is 25.5 Å². The van der Waals surface area contributed by atoms with Gasteiger partial charge in [0.1, 0.15) is 17.4 Å². The van der Waals surface area contributed by atoms with Gasteiger partial charge in [0.2, 0.25) is 0 Å². The summed E-state index contributed by atoms with van der Waals surface area (Å²) in [7, 11) is 1.70. The molecule has 0 heterocycles. The topological polar surface area (TPSA) is 58.6 Å². The Hall–Kier alpha value is -1.55. The number of aliphatic carboxylic acids is 1. The minimum absolute atomic E-state index is 0.0319. The highest BCUT2D eigenvalue weighted by Crippen LogP contribution is 2.33. The van der Waals surface area contributed by atoms with Gasteiger partial charge in [0.05, 0.1) is 0 Å². The number of carboxylic acid groups (broad SMARTS) is 1. The number of hydrogen-bond acceptors (Lipinski definition) is 3. The number of likely N-dealkylation sites (N-methyl/N-ethyl adjacent to an activating group) is 1. The molecule has 1 aromatic carbocycles. The highest BCUT2D eigenvalue weighted by atomic mass is 16.5. The molecule has 1 saturated carbocycles. The van der Waals surface area contributed by atoms with Crippen LogP contribution in [0.1, 0.15) is 38.2 Å². The van der Waals surface area contributed by atoms with Crippen LogP contribution in [-0.2, 0) is 11.2 Å².